The van der Waals surface area contributed by atoms with Gasteiger partial charge in [0.25, 0.3) is 0 Å². The Morgan fingerprint density at radius 1 is 1.11 bits per heavy atom. The third-order valence-electron chi connectivity index (χ3n) is 2.75. The summed E-state index contributed by atoms with van der Waals surface area (Å²) < 4.78 is 10.7. The topological polar surface area (TPSA) is 30.5 Å². The molecule has 0 heterocycles. The molecule has 0 saturated carbocycles. The van der Waals surface area contributed by atoms with E-state index in [0.717, 1.165) is 31.4 Å². The third-order valence-corrected chi connectivity index (χ3v) is 2.75. The molecule has 3 nitrogen and oxygen atoms in total. The van der Waals surface area contributed by atoms with Crippen molar-refractivity contribution in [1.29, 1.82) is 0 Å². The summed E-state index contributed by atoms with van der Waals surface area (Å²) in [6, 6.07) is 7.98. The van der Waals surface area contributed by atoms with E-state index >= 15 is 0 Å². The maximum Gasteiger partial charge on any atom is 0.118 e. The van der Waals surface area contributed by atoms with Crippen LogP contribution in [0.25, 0.3) is 0 Å². The van der Waals surface area contributed by atoms with E-state index in [9.17, 15) is 0 Å². The minimum absolute atomic E-state index is 0.663. The van der Waals surface area contributed by atoms with E-state index in [2.05, 4.69) is 19.2 Å². The monoisotopic (exact) mass is 251 g/mol. The fourth-order valence-electron chi connectivity index (χ4n) is 1.57. The summed E-state index contributed by atoms with van der Waals surface area (Å²) in [6.07, 6.45) is 1.22. The van der Waals surface area contributed by atoms with Crippen LogP contribution in [0.1, 0.15) is 25.8 Å². The van der Waals surface area contributed by atoms with Crippen molar-refractivity contribution in [3.63, 3.8) is 0 Å². The Bertz CT molecular complexity index is 309. The van der Waals surface area contributed by atoms with Crippen molar-refractivity contribution >= 4 is 0 Å². The van der Waals surface area contributed by atoms with Crippen LogP contribution in [-0.2, 0) is 11.3 Å². The van der Waals surface area contributed by atoms with E-state index in [1.807, 2.05) is 24.3 Å². The zero-order valence-corrected chi connectivity index (χ0v) is 11.7. The Morgan fingerprint density at radius 2 is 1.83 bits per heavy atom. The first-order valence-electron chi connectivity index (χ1n) is 6.63. The van der Waals surface area contributed by atoms with Crippen molar-refractivity contribution < 1.29 is 9.47 Å². The van der Waals surface area contributed by atoms with Crippen molar-refractivity contribution in [3.05, 3.63) is 29.8 Å². The minimum Gasteiger partial charge on any atom is -0.497 e. The molecule has 0 fully saturated rings. The quantitative estimate of drug-likeness (QED) is 0.685. The van der Waals surface area contributed by atoms with Crippen LogP contribution in [0.15, 0.2) is 24.3 Å². The van der Waals surface area contributed by atoms with Crippen LogP contribution in [0.3, 0.4) is 0 Å². The maximum atomic E-state index is 5.60. The molecule has 0 unspecified atom stereocenters. The molecule has 102 valence electrons. The maximum absolute atomic E-state index is 5.60. The fraction of sp³-hybridized carbons (Fsp3) is 0.600. The summed E-state index contributed by atoms with van der Waals surface area (Å²) in [7, 11) is 1.67. The van der Waals surface area contributed by atoms with Crippen LogP contribution in [0.5, 0.6) is 5.75 Å². The van der Waals surface area contributed by atoms with E-state index in [1.165, 1.54) is 12.0 Å². The van der Waals surface area contributed by atoms with E-state index in [1.54, 1.807) is 7.11 Å². The van der Waals surface area contributed by atoms with Crippen LogP contribution < -0.4 is 10.1 Å². The van der Waals surface area contributed by atoms with Crippen molar-refractivity contribution in [2.75, 3.05) is 26.8 Å². The average molecular weight is 251 g/mol. The van der Waals surface area contributed by atoms with E-state index < -0.39 is 0 Å². The molecule has 1 rings (SSSR count). The van der Waals surface area contributed by atoms with Gasteiger partial charge in [-0.2, -0.15) is 0 Å². The predicted octanol–water partition coefficient (Wildman–Crippen LogP) is 2.85. The molecule has 0 spiro atoms. The Kier molecular flexibility index (Phi) is 7.46. The first kappa shape index (κ1) is 15.0. The minimum atomic E-state index is 0.663. The molecule has 1 aromatic rings. The molecular weight excluding hydrogens is 226 g/mol. The number of hydrogen-bond acceptors (Lipinski definition) is 3. The van der Waals surface area contributed by atoms with Crippen molar-refractivity contribution in [1.82, 2.24) is 5.32 Å². The van der Waals surface area contributed by atoms with Gasteiger partial charge in [-0.05, 0) is 36.6 Å². The second kappa shape index (κ2) is 8.95. The van der Waals surface area contributed by atoms with E-state index in [4.69, 9.17) is 9.47 Å². The summed E-state index contributed by atoms with van der Waals surface area (Å²) >= 11 is 0. The second-order valence-corrected chi connectivity index (χ2v) is 4.83. The van der Waals surface area contributed by atoms with Gasteiger partial charge in [-0.3, -0.25) is 0 Å². The molecule has 0 aliphatic carbocycles. The highest BCUT2D eigenvalue weighted by Crippen LogP contribution is 2.11. The Morgan fingerprint density at radius 3 is 2.44 bits per heavy atom. The predicted molar refractivity (Wildman–Crippen MR) is 75.0 cm³/mol. The summed E-state index contributed by atoms with van der Waals surface area (Å²) in [5, 5.41) is 3.38. The van der Waals surface area contributed by atoms with Crippen molar-refractivity contribution in [2.24, 2.45) is 5.92 Å². The van der Waals surface area contributed by atoms with Crippen molar-refractivity contribution in [2.45, 2.75) is 26.9 Å². The molecule has 18 heavy (non-hydrogen) atoms. The van der Waals surface area contributed by atoms with Gasteiger partial charge in [-0.1, -0.05) is 26.0 Å². The first-order valence-corrected chi connectivity index (χ1v) is 6.63. The lowest BCUT2D eigenvalue weighted by Gasteiger charge is -2.08. The molecular formula is C15H25NO2. The largest absolute Gasteiger partial charge is 0.497 e. The normalized spacial score (nSPS) is 10.9. The Labute approximate surface area is 110 Å². The molecule has 0 aliphatic heterocycles. The highest BCUT2D eigenvalue weighted by atomic mass is 16.5. The molecule has 0 amide bonds. The number of rotatable bonds is 9. The highest BCUT2D eigenvalue weighted by Gasteiger charge is 1.96. The molecule has 0 aliphatic rings. The molecule has 0 atom stereocenters. The highest BCUT2D eigenvalue weighted by molar-refractivity contribution is 5.26. The number of hydrogen-bond donors (Lipinski definition) is 1. The third kappa shape index (κ3) is 6.62. The van der Waals surface area contributed by atoms with Gasteiger partial charge >= 0.3 is 0 Å². The lowest BCUT2D eigenvalue weighted by Crippen LogP contribution is -2.21. The summed E-state index contributed by atoms with van der Waals surface area (Å²) in [5.74, 6) is 1.65. The summed E-state index contributed by atoms with van der Waals surface area (Å²) in [5.41, 5.74) is 1.18. The smallest absolute Gasteiger partial charge is 0.118 e. The number of benzene rings is 1. The van der Waals surface area contributed by atoms with E-state index in [0.29, 0.717) is 6.61 Å². The van der Waals surface area contributed by atoms with Crippen molar-refractivity contribution in [3.8, 4) is 5.75 Å². The molecule has 0 radical (unpaired) electrons. The average Bonchev–Trinajstić information content (AvgIpc) is 2.38. The zero-order chi connectivity index (χ0) is 13.2. The molecule has 0 bridgehead atoms. The van der Waals surface area contributed by atoms with Crippen LogP contribution in [0, 0.1) is 5.92 Å². The van der Waals surface area contributed by atoms with Gasteiger partial charge in [0.05, 0.1) is 20.3 Å². The second-order valence-electron chi connectivity index (χ2n) is 4.83. The zero-order valence-electron chi connectivity index (χ0n) is 11.7. The standard InChI is InChI=1S/C15H25NO2/c1-13(2)8-9-16-10-11-18-12-14-4-6-15(17-3)7-5-14/h4-7,13,16H,8-12H2,1-3H3. The molecule has 0 aromatic heterocycles. The van der Waals surface area contributed by atoms with Crippen LogP contribution in [0.4, 0.5) is 0 Å². The molecule has 0 saturated heterocycles. The first-order chi connectivity index (χ1) is 8.72. The van der Waals surface area contributed by atoms with Gasteiger partial charge in [0.1, 0.15) is 5.75 Å². The molecule has 1 aromatic carbocycles. The van der Waals surface area contributed by atoms with Crippen LogP contribution in [0.2, 0.25) is 0 Å². The fourth-order valence-corrected chi connectivity index (χ4v) is 1.57. The Balaban J connectivity index is 2.03. The number of nitrogens with one attached hydrogen (secondary N) is 1. The Hall–Kier alpha value is -1.06. The van der Waals surface area contributed by atoms with Crippen LogP contribution in [-0.4, -0.2) is 26.8 Å². The van der Waals surface area contributed by atoms with Gasteiger partial charge in [-0.15, -0.1) is 0 Å². The van der Waals surface area contributed by atoms with Gasteiger partial charge in [0, 0.05) is 6.54 Å². The van der Waals surface area contributed by atoms with E-state index in [-0.39, 0.29) is 0 Å². The molecule has 1 N–H and O–H groups in total. The molecule has 3 heteroatoms. The number of ether oxygens (including phenoxy) is 2. The SMILES string of the molecule is COc1ccc(COCCNCCC(C)C)cc1. The van der Waals surface area contributed by atoms with Gasteiger partial charge in [0.15, 0.2) is 0 Å². The summed E-state index contributed by atoms with van der Waals surface area (Å²) in [4.78, 5) is 0. The van der Waals surface area contributed by atoms with Gasteiger partial charge in [0.2, 0.25) is 0 Å². The number of methoxy groups -OCH3 is 1. The van der Waals surface area contributed by atoms with Gasteiger partial charge in [-0.25, -0.2) is 0 Å². The van der Waals surface area contributed by atoms with Gasteiger partial charge < -0.3 is 14.8 Å². The lowest BCUT2D eigenvalue weighted by atomic mass is 10.1. The van der Waals surface area contributed by atoms with Crippen LogP contribution >= 0.6 is 0 Å². The summed E-state index contributed by atoms with van der Waals surface area (Å²) in [6.45, 7) is 7.89. The lowest BCUT2D eigenvalue weighted by molar-refractivity contribution is 0.122.